The molecule has 7 aromatic heterocycles. The molecule has 0 amide bonds. The number of benzene rings is 5. The molecule has 0 atom stereocenters. The molecule has 12 aromatic rings. The summed E-state index contributed by atoms with van der Waals surface area (Å²) in [5.74, 6) is 7.22. The average Bonchev–Trinajstić information content (AvgIpc) is 1.64. The highest BCUT2D eigenvalue weighted by Crippen LogP contribution is 2.31. The van der Waals surface area contributed by atoms with Gasteiger partial charge in [0.2, 0.25) is 5.89 Å². The van der Waals surface area contributed by atoms with Crippen LogP contribution in [0.25, 0.3) is 33.8 Å². The van der Waals surface area contributed by atoms with E-state index in [2.05, 4.69) is 229 Å². The van der Waals surface area contributed by atoms with Gasteiger partial charge in [-0.3, -0.25) is 5.10 Å². The van der Waals surface area contributed by atoms with Crippen LogP contribution < -0.4 is 4.74 Å². The molecule has 18 heteroatoms. The quantitative estimate of drug-likeness (QED) is 0.0865. The van der Waals surface area contributed by atoms with Crippen LogP contribution in [0.5, 0.6) is 5.75 Å². The second kappa shape index (κ2) is 41.7. The minimum absolute atomic E-state index is 0.210. The number of rotatable bonds is 13. The number of nitrogens with one attached hydrogen (secondary N) is 1. The monoisotopic (exact) mass is 1440 g/mol. The molecule has 0 aliphatic heterocycles. The number of hydrogen-bond acceptors (Lipinski definition) is 16. The molecule has 7 heterocycles. The number of aromatic amines is 1. The van der Waals surface area contributed by atoms with Crippen molar-refractivity contribution in [2.75, 3.05) is 0 Å². The lowest BCUT2D eigenvalue weighted by Gasteiger charge is -2.08. The first-order valence-electron chi connectivity index (χ1n) is 34.2. The van der Waals surface area contributed by atoms with Gasteiger partial charge in [0.1, 0.15) is 22.3 Å². The second-order valence-corrected chi connectivity index (χ2v) is 31.5. The van der Waals surface area contributed by atoms with Crippen molar-refractivity contribution in [3.8, 4) is 39.5 Å². The SMILES string of the molecule is CC(C)c1nc(-c2ccccc2)cs1.CC(C)c1nc(-c2ccccc2F)cs1.Cc1ccc(C(=O)Oc2cccc(C(C)C)c2)s1.Cc1ccc(C(C)C)cc1.Cc1ccc(C)c(-c2csc(C(C)C)n2)c1.Cc1csc(C(C)C)n1.Cc1nc(C(C)C)n[nH]1.Cc1nc(C(C)C)no1. The zero-order chi connectivity index (χ0) is 73.8. The summed E-state index contributed by atoms with van der Waals surface area (Å²) in [5.41, 5.74) is 13.7. The van der Waals surface area contributed by atoms with Crippen molar-refractivity contribution in [2.45, 2.75) is 207 Å². The van der Waals surface area contributed by atoms with E-state index < -0.39 is 0 Å². The van der Waals surface area contributed by atoms with E-state index in [9.17, 15) is 9.18 Å². The molecule has 0 bridgehead atoms. The fraction of sp³-hybridized carbons (Fsp3) is 0.378. The number of thiophene rings is 1. The number of aromatic nitrogens is 9. The van der Waals surface area contributed by atoms with Crippen molar-refractivity contribution in [1.29, 1.82) is 0 Å². The van der Waals surface area contributed by atoms with Crippen LogP contribution in [0, 0.1) is 54.3 Å². The first-order valence-corrected chi connectivity index (χ1v) is 38.5. The first kappa shape index (κ1) is 82.7. The Morgan fingerprint density at radius 2 is 0.970 bits per heavy atom. The number of hydrogen-bond donors (Lipinski definition) is 1. The van der Waals surface area contributed by atoms with Gasteiger partial charge in [-0.15, -0.1) is 56.7 Å². The number of aryl methyl sites for hydroxylation is 7. The Hall–Kier alpha value is -8.00. The minimum Gasteiger partial charge on any atom is -0.422 e. The van der Waals surface area contributed by atoms with Crippen LogP contribution in [0.2, 0.25) is 0 Å². The Labute approximate surface area is 615 Å². The lowest BCUT2D eigenvalue weighted by Crippen LogP contribution is -2.06. The number of carbonyl (C=O) groups excluding carboxylic acids is 1. The van der Waals surface area contributed by atoms with Gasteiger partial charge in [-0.1, -0.05) is 218 Å². The summed E-state index contributed by atoms with van der Waals surface area (Å²) in [6, 6.07) is 43.7. The maximum Gasteiger partial charge on any atom is 0.353 e. The molecule has 12 nitrogen and oxygen atoms in total. The summed E-state index contributed by atoms with van der Waals surface area (Å²) >= 11 is 8.28. The van der Waals surface area contributed by atoms with Crippen molar-refractivity contribution in [2.24, 2.45) is 0 Å². The molecule has 12 rings (SSSR count). The highest BCUT2D eigenvalue weighted by atomic mass is 32.1. The van der Waals surface area contributed by atoms with Crippen molar-refractivity contribution >= 4 is 62.7 Å². The standard InChI is InChI=1S/C15H16O2S.C14H17NS.C12H12FNS.C12H13NS.C10H14.C7H11NS.C6H11N3.C6H10N2O/c1-10(2)12-5-4-6-13(9-12)17-15(16)14-8-7-11(3)18-14;1-9(2)14-15-13(8-16-14)12-7-10(3)5-6-11(12)4;1-8(2)12-14-11(7-15-12)9-5-3-4-6-10(9)13;1-9(2)12-13-11(8-14-12)10-6-4-3-5-7-10;1-8(2)10-6-4-9(3)5-7-10;1-5(2)7-8-6(3)4-9-7;1-4(2)6-7-5(3)8-9-6;1-4(2)6-7-5(3)9-8-6/h4-10H,1-3H3;5-9H,1-4H3;3-8H,1-2H3;3-9H,1-2H3;4-8H,1-3H3;4-5H,1-3H3;4H,1-3H3,(H,7,8,9);4H,1-3H3. The van der Waals surface area contributed by atoms with Crippen LogP contribution in [0.3, 0.4) is 0 Å². The Morgan fingerprint density at radius 3 is 1.41 bits per heavy atom. The fourth-order valence-electron chi connectivity index (χ4n) is 8.72. The van der Waals surface area contributed by atoms with Crippen LogP contribution in [-0.2, 0) is 0 Å². The van der Waals surface area contributed by atoms with Crippen molar-refractivity contribution in [3.05, 3.63) is 247 Å². The van der Waals surface area contributed by atoms with E-state index in [-0.39, 0.29) is 11.8 Å². The molecule has 0 aliphatic carbocycles. The van der Waals surface area contributed by atoms with Crippen LogP contribution >= 0.6 is 56.7 Å². The van der Waals surface area contributed by atoms with E-state index in [1.807, 2.05) is 94.6 Å². The van der Waals surface area contributed by atoms with Crippen LogP contribution in [0.1, 0.15) is 250 Å². The van der Waals surface area contributed by atoms with Crippen LogP contribution in [-0.4, -0.2) is 51.2 Å². The number of ether oxygens (including phenoxy) is 1. The van der Waals surface area contributed by atoms with Crippen molar-refractivity contribution in [3.63, 3.8) is 0 Å². The van der Waals surface area contributed by atoms with E-state index >= 15 is 0 Å². The molecule has 0 aliphatic rings. The molecule has 0 saturated heterocycles. The molecule has 0 spiro atoms. The lowest BCUT2D eigenvalue weighted by atomic mass is 10.0. The molecule has 0 radical (unpaired) electrons. The Balaban J connectivity index is 0.000000209. The highest BCUT2D eigenvalue weighted by Gasteiger charge is 2.15. The topological polar surface area (TPSA) is 158 Å². The fourth-order valence-corrected chi connectivity index (χ4v) is 12.8. The zero-order valence-corrected chi connectivity index (χ0v) is 66.9. The van der Waals surface area contributed by atoms with E-state index in [4.69, 9.17) is 14.2 Å². The largest absolute Gasteiger partial charge is 0.422 e. The normalized spacial score (nSPS) is 10.8. The molecule has 100 heavy (non-hydrogen) atoms. The predicted octanol–water partition coefficient (Wildman–Crippen LogP) is 25.4. The minimum atomic E-state index is -0.283. The molecule has 0 saturated carbocycles. The van der Waals surface area contributed by atoms with Gasteiger partial charge in [0.05, 0.1) is 37.1 Å². The maximum atomic E-state index is 13.5. The summed E-state index contributed by atoms with van der Waals surface area (Å²) in [4.78, 5) is 39.9. The average molecular weight is 1440 g/mol. The summed E-state index contributed by atoms with van der Waals surface area (Å²) in [5, 5.41) is 23.5. The summed E-state index contributed by atoms with van der Waals surface area (Å²) in [7, 11) is 0. The van der Waals surface area contributed by atoms with Crippen molar-refractivity contribution in [1.82, 2.24) is 45.3 Å². The number of H-pyrrole nitrogens is 1. The molecule has 0 unspecified atom stereocenters. The zero-order valence-electron chi connectivity index (χ0n) is 62.9. The van der Waals surface area contributed by atoms with Crippen LogP contribution in [0.15, 0.2) is 160 Å². The second-order valence-electron chi connectivity index (χ2n) is 26.7. The Bertz CT molecular complexity index is 4190. The van der Waals surface area contributed by atoms with Gasteiger partial charge in [-0.25, -0.2) is 34.1 Å². The Kier molecular flexibility index (Phi) is 34.4. The summed E-state index contributed by atoms with van der Waals surface area (Å²) < 4.78 is 23.6. The summed E-state index contributed by atoms with van der Waals surface area (Å²) in [6.07, 6.45) is 0. The molecule has 1 N–H and O–H groups in total. The van der Waals surface area contributed by atoms with E-state index in [0.29, 0.717) is 69.4 Å². The van der Waals surface area contributed by atoms with E-state index in [1.165, 1.54) is 71.4 Å². The third-order valence-corrected chi connectivity index (χ3v) is 20.4. The first-order chi connectivity index (χ1) is 47.4. The van der Waals surface area contributed by atoms with Gasteiger partial charge in [-0.05, 0) is 113 Å². The number of thiazole rings is 4. The van der Waals surface area contributed by atoms with E-state index in [1.54, 1.807) is 70.5 Å². The number of nitrogens with zero attached hydrogens (tertiary/aromatic N) is 8. The van der Waals surface area contributed by atoms with Gasteiger partial charge in [0, 0.05) is 91.2 Å². The van der Waals surface area contributed by atoms with Gasteiger partial charge < -0.3 is 9.26 Å². The summed E-state index contributed by atoms with van der Waals surface area (Å²) in [6.45, 7) is 48.2. The smallest absolute Gasteiger partial charge is 0.353 e. The van der Waals surface area contributed by atoms with E-state index in [0.717, 1.165) is 50.1 Å². The number of carbonyl (C=O) groups is 1. The Morgan fingerprint density at radius 1 is 0.450 bits per heavy atom. The van der Waals surface area contributed by atoms with Gasteiger partial charge in [0.15, 0.2) is 11.6 Å². The maximum absolute atomic E-state index is 13.5. The lowest BCUT2D eigenvalue weighted by molar-refractivity contribution is 0.0739. The highest BCUT2D eigenvalue weighted by molar-refractivity contribution is 7.14. The molecule has 0 fully saturated rings. The molecule has 532 valence electrons. The number of esters is 1. The third kappa shape index (κ3) is 28.2. The number of halogens is 1. The van der Waals surface area contributed by atoms with Gasteiger partial charge in [0.25, 0.3) is 0 Å². The molecule has 5 aromatic carbocycles. The molecular weight excluding hydrogens is 1340 g/mol. The third-order valence-electron chi connectivity index (χ3n) is 14.7. The van der Waals surface area contributed by atoms with Crippen molar-refractivity contribution < 1.29 is 18.4 Å². The molecular formula is C82H104FN9O3S5. The van der Waals surface area contributed by atoms with Gasteiger partial charge >= 0.3 is 5.97 Å². The van der Waals surface area contributed by atoms with Gasteiger partial charge in [-0.2, -0.15) is 10.1 Å². The van der Waals surface area contributed by atoms with Crippen LogP contribution in [0.4, 0.5) is 4.39 Å². The predicted molar refractivity (Wildman–Crippen MR) is 423 cm³/mol.